The lowest BCUT2D eigenvalue weighted by Gasteiger charge is -2.05. The number of sulfone groups is 1. The molecule has 0 aromatic heterocycles. The van der Waals surface area contributed by atoms with Crippen LogP contribution in [0.4, 0.5) is 0 Å². The zero-order valence-corrected chi connectivity index (χ0v) is 9.52. The lowest BCUT2D eigenvalue weighted by atomic mass is 10.2. The van der Waals surface area contributed by atoms with E-state index in [0.717, 1.165) is 4.47 Å². The molecule has 2 N–H and O–H groups in total. The number of nitrogens with two attached hydrogens (primary N) is 1. The van der Waals surface area contributed by atoms with Crippen LogP contribution in [0.1, 0.15) is 5.56 Å². The molecular formula is C8H10BrNO2S. The molecule has 3 nitrogen and oxygen atoms in total. The number of benzene rings is 1. The molecule has 0 aliphatic rings. The topological polar surface area (TPSA) is 60.2 Å². The highest BCUT2D eigenvalue weighted by molar-refractivity contribution is 9.10. The fraction of sp³-hybridized carbons (Fsp3) is 0.250. The molecule has 0 heterocycles. The highest BCUT2D eigenvalue weighted by Crippen LogP contribution is 2.20. The second-order valence-electron chi connectivity index (χ2n) is 2.73. The van der Waals surface area contributed by atoms with Crippen molar-refractivity contribution in [3.63, 3.8) is 0 Å². The summed E-state index contributed by atoms with van der Waals surface area (Å²) in [4.78, 5) is 0.296. The van der Waals surface area contributed by atoms with Gasteiger partial charge in [0.05, 0.1) is 4.90 Å². The Kier molecular flexibility index (Phi) is 3.10. The van der Waals surface area contributed by atoms with E-state index in [0.29, 0.717) is 10.5 Å². The summed E-state index contributed by atoms with van der Waals surface area (Å²) in [5, 5.41) is 0. The van der Waals surface area contributed by atoms with Crippen molar-refractivity contribution in [3.8, 4) is 0 Å². The quantitative estimate of drug-likeness (QED) is 0.876. The molecular weight excluding hydrogens is 254 g/mol. The molecule has 0 aliphatic carbocycles. The first kappa shape index (κ1) is 10.7. The first-order chi connectivity index (χ1) is 5.95. The average molecular weight is 264 g/mol. The smallest absolute Gasteiger partial charge is 0.175 e. The van der Waals surface area contributed by atoms with E-state index in [-0.39, 0.29) is 6.54 Å². The molecule has 0 unspecified atom stereocenters. The van der Waals surface area contributed by atoms with Crippen LogP contribution in [-0.2, 0) is 16.4 Å². The van der Waals surface area contributed by atoms with Gasteiger partial charge in [-0.3, -0.25) is 0 Å². The Labute approximate surface area is 86.0 Å². The van der Waals surface area contributed by atoms with E-state index in [4.69, 9.17) is 5.73 Å². The van der Waals surface area contributed by atoms with E-state index in [1.807, 2.05) is 0 Å². The number of hydrogen-bond donors (Lipinski definition) is 1. The van der Waals surface area contributed by atoms with Crippen LogP contribution >= 0.6 is 15.9 Å². The summed E-state index contributed by atoms with van der Waals surface area (Å²) in [5.74, 6) is 0. The zero-order valence-electron chi connectivity index (χ0n) is 7.12. The van der Waals surface area contributed by atoms with Crippen LogP contribution in [-0.4, -0.2) is 14.7 Å². The molecule has 0 fully saturated rings. The highest BCUT2D eigenvalue weighted by atomic mass is 79.9. The molecule has 5 heteroatoms. The summed E-state index contributed by atoms with van der Waals surface area (Å²) in [6, 6.07) is 5.05. The largest absolute Gasteiger partial charge is 0.326 e. The van der Waals surface area contributed by atoms with Gasteiger partial charge in [-0.1, -0.05) is 22.0 Å². The molecule has 13 heavy (non-hydrogen) atoms. The number of hydrogen-bond acceptors (Lipinski definition) is 3. The molecule has 1 aromatic carbocycles. The van der Waals surface area contributed by atoms with Crippen molar-refractivity contribution in [2.45, 2.75) is 11.4 Å². The minimum Gasteiger partial charge on any atom is -0.326 e. The normalized spacial score (nSPS) is 11.6. The SMILES string of the molecule is CS(=O)(=O)c1cc(Br)ccc1CN. The summed E-state index contributed by atoms with van der Waals surface area (Å²) < 4.78 is 23.3. The summed E-state index contributed by atoms with van der Waals surface area (Å²) in [6.07, 6.45) is 1.17. The first-order valence-corrected chi connectivity index (χ1v) is 6.32. The van der Waals surface area contributed by atoms with E-state index in [9.17, 15) is 8.42 Å². The third-order valence-corrected chi connectivity index (χ3v) is 3.32. The van der Waals surface area contributed by atoms with Crippen LogP contribution in [0.15, 0.2) is 27.6 Å². The molecule has 1 rings (SSSR count). The van der Waals surface area contributed by atoms with Gasteiger partial charge in [0.2, 0.25) is 0 Å². The Morgan fingerprint density at radius 1 is 1.46 bits per heavy atom. The van der Waals surface area contributed by atoms with Gasteiger partial charge in [0.25, 0.3) is 0 Å². The van der Waals surface area contributed by atoms with E-state index in [1.54, 1.807) is 18.2 Å². The standard InChI is InChI=1S/C8H10BrNO2S/c1-13(11,12)8-4-7(9)3-2-6(8)5-10/h2-4H,5,10H2,1H3. The molecule has 0 saturated carbocycles. The van der Waals surface area contributed by atoms with E-state index < -0.39 is 9.84 Å². The summed E-state index contributed by atoms with van der Waals surface area (Å²) in [7, 11) is -3.18. The zero-order chi connectivity index (χ0) is 10.1. The van der Waals surface area contributed by atoms with Crippen molar-refractivity contribution < 1.29 is 8.42 Å². The summed E-state index contributed by atoms with van der Waals surface area (Å²) >= 11 is 3.21. The van der Waals surface area contributed by atoms with Crippen LogP contribution in [0.2, 0.25) is 0 Å². The highest BCUT2D eigenvalue weighted by Gasteiger charge is 2.12. The van der Waals surface area contributed by atoms with Crippen LogP contribution < -0.4 is 5.73 Å². The molecule has 1 aromatic rings. The third kappa shape index (κ3) is 2.52. The number of rotatable bonds is 2. The van der Waals surface area contributed by atoms with E-state index >= 15 is 0 Å². The molecule has 0 saturated heterocycles. The van der Waals surface area contributed by atoms with Crippen molar-refractivity contribution in [2.75, 3.05) is 6.26 Å². The predicted molar refractivity (Wildman–Crippen MR) is 55.1 cm³/mol. The van der Waals surface area contributed by atoms with Gasteiger partial charge in [0, 0.05) is 17.3 Å². The third-order valence-electron chi connectivity index (χ3n) is 1.65. The Hall–Kier alpha value is -0.390. The molecule has 0 atom stereocenters. The molecule has 0 radical (unpaired) electrons. The summed E-state index contributed by atoms with van der Waals surface area (Å²) in [5.41, 5.74) is 6.06. The van der Waals surface area contributed by atoms with Crippen molar-refractivity contribution in [1.82, 2.24) is 0 Å². The van der Waals surface area contributed by atoms with Gasteiger partial charge in [-0.05, 0) is 17.7 Å². The van der Waals surface area contributed by atoms with Gasteiger partial charge in [-0.2, -0.15) is 0 Å². The van der Waals surface area contributed by atoms with Gasteiger partial charge in [-0.25, -0.2) is 8.42 Å². The molecule has 0 bridgehead atoms. The fourth-order valence-electron chi connectivity index (χ4n) is 1.04. The Morgan fingerprint density at radius 3 is 2.54 bits per heavy atom. The fourth-order valence-corrected chi connectivity index (χ4v) is 2.52. The molecule has 0 aliphatic heterocycles. The van der Waals surface area contributed by atoms with Gasteiger partial charge < -0.3 is 5.73 Å². The van der Waals surface area contributed by atoms with Crippen LogP contribution in [0.5, 0.6) is 0 Å². The monoisotopic (exact) mass is 263 g/mol. The maximum absolute atomic E-state index is 11.3. The molecule has 72 valence electrons. The van der Waals surface area contributed by atoms with E-state index in [1.165, 1.54) is 6.26 Å². The van der Waals surface area contributed by atoms with Gasteiger partial charge >= 0.3 is 0 Å². The molecule has 0 amide bonds. The van der Waals surface area contributed by atoms with Crippen molar-refractivity contribution >= 4 is 25.8 Å². The lowest BCUT2D eigenvalue weighted by molar-refractivity contribution is 0.600. The second kappa shape index (κ2) is 3.77. The van der Waals surface area contributed by atoms with Gasteiger partial charge in [0.15, 0.2) is 9.84 Å². The van der Waals surface area contributed by atoms with Gasteiger partial charge in [0.1, 0.15) is 0 Å². The van der Waals surface area contributed by atoms with Crippen molar-refractivity contribution in [2.24, 2.45) is 5.73 Å². The van der Waals surface area contributed by atoms with Crippen LogP contribution in [0.25, 0.3) is 0 Å². The Balaban J connectivity index is 3.41. The van der Waals surface area contributed by atoms with Crippen LogP contribution in [0.3, 0.4) is 0 Å². The van der Waals surface area contributed by atoms with Crippen LogP contribution in [0, 0.1) is 0 Å². The van der Waals surface area contributed by atoms with E-state index in [2.05, 4.69) is 15.9 Å². The molecule has 0 spiro atoms. The van der Waals surface area contributed by atoms with Crippen molar-refractivity contribution in [1.29, 1.82) is 0 Å². The lowest BCUT2D eigenvalue weighted by Crippen LogP contribution is -2.06. The predicted octanol–water partition coefficient (Wildman–Crippen LogP) is 1.31. The Morgan fingerprint density at radius 2 is 2.08 bits per heavy atom. The minimum atomic E-state index is -3.18. The Bertz CT molecular complexity index is 414. The summed E-state index contributed by atoms with van der Waals surface area (Å²) in [6.45, 7) is 0.232. The van der Waals surface area contributed by atoms with Gasteiger partial charge in [-0.15, -0.1) is 0 Å². The first-order valence-electron chi connectivity index (χ1n) is 3.63. The van der Waals surface area contributed by atoms with Crippen molar-refractivity contribution in [3.05, 3.63) is 28.2 Å². The maximum Gasteiger partial charge on any atom is 0.175 e. The second-order valence-corrected chi connectivity index (χ2v) is 5.63. The average Bonchev–Trinajstić information content (AvgIpc) is 2.03. The minimum absolute atomic E-state index is 0.232. The number of halogens is 1. The maximum atomic E-state index is 11.3.